The standard InChI is InChI=1S/C14H14ClNO4/c1-3-18-14(17)8-19-13-6-9(2)11(15)7-10(13)12-4-5-16-20-12/h4-7H,3,8H2,1-2H3. The second-order valence-corrected chi connectivity index (χ2v) is 4.48. The van der Waals surface area contributed by atoms with E-state index in [1.165, 1.54) is 6.20 Å². The molecular formula is C14H14ClNO4. The van der Waals surface area contributed by atoms with Crippen LogP contribution in [-0.2, 0) is 9.53 Å². The van der Waals surface area contributed by atoms with E-state index >= 15 is 0 Å². The summed E-state index contributed by atoms with van der Waals surface area (Å²) in [5.74, 6) is 0.589. The zero-order valence-electron chi connectivity index (χ0n) is 11.2. The van der Waals surface area contributed by atoms with Crippen LogP contribution in [0.15, 0.2) is 28.9 Å². The topological polar surface area (TPSA) is 61.6 Å². The van der Waals surface area contributed by atoms with E-state index < -0.39 is 5.97 Å². The van der Waals surface area contributed by atoms with E-state index in [1.807, 2.05) is 6.92 Å². The predicted molar refractivity (Wildman–Crippen MR) is 73.8 cm³/mol. The maximum atomic E-state index is 11.4. The molecule has 0 N–H and O–H groups in total. The van der Waals surface area contributed by atoms with Gasteiger partial charge in [0.25, 0.3) is 0 Å². The van der Waals surface area contributed by atoms with E-state index in [0.29, 0.717) is 28.7 Å². The Morgan fingerprint density at radius 3 is 2.90 bits per heavy atom. The number of carbonyl (C=O) groups excluding carboxylic acids is 1. The number of benzene rings is 1. The Labute approximate surface area is 121 Å². The van der Waals surface area contributed by atoms with Crippen LogP contribution in [0.5, 0.6) is 5.75 Å². The second kappa shape index (κ2) is 6.43. The van der Waals surface area contributed by atoms with Gasteiger partial charge in [0, 0.05) is 11.1 Å². The molecule has 1 aromatic heterocycles. The molecule has 0 amide bonds. The van der Waals surface area contributed by atoms with E-state index in [-0.39, 0.29) is 6.61 Å². The van der Waals surface area contributed by atoms with Gasteiger partial charge < -0.3 is 14.0 Å². The van der Waals surface area contributed by atoms with Crippen molar-refractivity contribution >= 4 is 17.6 Å². The average molecular weight is 296 g/mol. The SMILES string of the molecule is CCOC(=O)COc1cc(C)c(Cl)cc1-c1ccno1. The Bertz CT molecular complexity index is 595. The first-order chi connectivity index (χ1) is 9.61. The summed E-state index contributed by atoms with van der Waals surface area (Å²) in [5.41, 5.74) is 1.48. The number of hydrogen-bond acceptors (Lipinski definition) is 5. The Hall–Kier alpha value is -2.01. The van der Waals surface area contributed by atoms with E-state index in [4.69, 9.17) is 25.6 Å². The number of halogens is 1. The second-order valence-electron chi connectivity index (χ2n) is 4.07. The van der Waals surface area contributed by atoms with Gasteiger partial charge in [-0.05, 0) is 31.5 Å². The van der Waals surface area contributed by atoms with Gasteiger partial charge in [-0.1, -0.05) is 16.8 Å². The fourth-order valence-corrected chi connectivity index (χ4v) is 1.82. The van der Waals surface area contributed by atoms with E-state index in [1.54, 1.807) is 25.1 Å². The summed E-state index contributed by atoms with van der Waals surface area (Å²) >= 11 is 6.11. The first-order valence-corrected chi connectivity index (χ1v) is 6.49. The quantitative estimate of drug-likeness (QED) is 0.792. The molecule has 106 valence electrons. The molecule has 0 aliphatic heterocycles. The fraction of sp³-hybridized carbons (Fsp3) is 0.286. The van der Waals surface area contributed by atoms with E-state index in [2.05, 4.69) is 5.16 Å². The monoisotopic (exact) mass is 295 g/mol. The Balaban J connectivity index is 2.26. The summed E-state index contributed by atoms with van der Waals surface area (Å²) in [5, 5.41) is 4.23. The molecule has 20 heavy (non-hydrogen) atoms. The smallest absolute Gasteiger partial charge is 0.344 e. The summed E-state index contributed by atoms with van der Waals surface area (Å²) in [4.78, 5) is 11.4. The van der Waals surface area contributed by atoms with Gasteiger partial charge >= 0.3 is 5.97 Å². The Kier molecular flexibility index (Phi) is 4.63. The zero-order valence-corrected chi connectivity index (χ0v) is 11.9. The highest BCUT2D eigenvalue weighted by atomic mass is 35.5. The predicted octanol–water partition coefficient (Wildman–Crippen LogP) is 3.25. The van der Waals surface area contributed by atoms with Crippen LogP contribution in [0.4, 0.5) is 0 Å². The molecule has 0 aliphatic carbocycles. The molecule has 1 heterocycles. The highest BCUT2D eigenvalue weighted by Crippen LogP contribution is 2.34. The van der Waals surface area contributed by atoms with Gasteiger partial charge in [-0.15, -0.1) is 0 Å². The zero-order chi connectivity index (χ0) is 14.5. The van der Waals surface area contributed by atoms with Gasteiger partial charge in [0.15, 0.2) is 12.4 Å². The van der Waals surface area contributed by atoms with E-state index in [9.17, 15) is 4.79 Å². The molecule has 2 aromatic rings. The molecule has 0 spiro atoms. The molecule has 0 saturated carbocycles. The third kappa shape index (κ3) is 3.30. The number of aromatic nitrogens is 1. The number of rotatable bonds is 5. The summed E-state index contributed by atoms with van der Waals surface area (Å²) < 4.78 is 15.4. The molecule has 0 radical (unpaired) electrons. The van der Waals surface area contributed by atoms with Gasteiger partial charge in [0.05, 0.1) is 18.4 Å². The van der Waals surface area contributed by atoms with Gasteiger partial charge in [0.2, 0.25) is 0 Å². The molecule has 0 bridgehead atoms. The van der Waals surface area contributed by atoms with Crippen LogP contribution in [0.2, 0.25) is 5.02 Å². The average Bonchev–Trinajstić information content (AvgIpc) is 2.94. The number of nitrogens with zero attached hydrogens (tertiary/aromatic N) is 1. The van der Waals surface area contributed by atoms with Gasteiger partial charge in [-0.2, -0.15) is 0 Å². The van der Waals surface area contributed by atoms with Crippen molar-refractivity contribution < 1.29 is 18.8 Å². The van der Waals surface area contributed by atoms with Gasteiger partial charge in [0.1, 0.15) is 5.75 Å². The minimum absolute atomic E-state index is 0.171. The molecule has 0 saturated heterocycles. The van der Waals surface area contributed by atoms with Crippen LogP contribution in [0.3, 0.4) is 0 Å². The molecule has 6 heteroatoms. The maximum absolute atomic E-state index is 11.4. The van der Waals surface area contributed by atoms with Crippen molar-refractivity contribution in [3.8, 4) is 17.1 Å². The number of hydrogen-bond donors (Lipinski definition) is 0. The molecule has 5 nitrogen and oxygen atoms in total. The molecule has 1 aromatic carbocycles. The first kappa shape index (κ1) is 14.4. The van der Waals surface area contributed by atoms with Crippen LogP contribution in [0, 0.1) is 6.92 Å². The number of ether oxygens (including phenoxy) is 2. The maximum Gasteiger partial charge on any atom is 0.344 e. The molecular weight excluding hydrogens is 282 g/mol. The molecule has 0 atom stereocenters. The largest absolute Gasteiger partial charge is 0.481 e. The lowest BCUT2D eigenvalue weighted by molar-refractivity contribution is -0.145. The minimum atomic E-state index is -0.427. The normalized spacial score (nSPS) is 10.3. The summed E-state index contributed by atoms with van der Waals surface area (Å²) in [6.45, 7) is 3.74. The van der Waals surface area contributed by atoms with Gasteiger partial charge in [-0.3, -0.25) is 0 Å². The van der Waals surface area contributed by atoms with Crippen LogP contribution >= 0.6 is 11.6 Å². The highest BCUT2D eigenvalue weighted by molar-refractivity contribution is 6.31. The van der Waals surface area contributed by atoms with E-state index in [0.717, 1.165) is 5.56 Å². The molecule has 0 aliphatic rings. The summed E-state index contributed by atoms with van der Waals surface area (Å²) in [6, 6.07) is 5.16. The number of carbonyl (C=O) groups is 1. The number of aryl methyl sites for hydroxylation is 1. The summed E-state index contributed by atoms with van der Waals surface area (Å²) in [7, 11) is 0. The fourth-order valence-electron chi connectivity index (χ4n) is 1.66. The molecule has 2 rings (SSSR count). The van der Waals surface area contributed by atoms with Crippen LogP contribution in [0.1, 0.15) is 12.5 Å². The van der Waals surface area contributed by atoms with Crippen molar-refractivity contribution in [3.63, 3.8) is 0 Å². The van der Waals surface area contributed by atoms with Gasteiger partial charge in [-0.25, -0.2) is 4.79 Å². The molecule has 0 unspecified atom stereocenters. The third-order valence-electron chi connectivity index (χ3n) is 2.61. The third-order valence-corrected chi connectivity index (χ3v) is 3.02. The van der Waals surface area contributed by atoms with Crippen LogP contribution in [-0.4, -0.2) is 24.3 Å². The number of esters is 1. The lowest BCUT2D eigenvalue weighted by Crippen LogP contribution is -2.15. The van der Waals surface area contributed by atoms with Crippen LogP contribution in [0.25, 0.3) is 11.3 Å². The minimum Gasteiger partial charge on any atom is -0.481 e. The van der Waals surface area contributed by atoms with Crippen molar-refractivity contribution in [2.75, 3.05) is 13.2 Å². The lowest BCUT2D eigenvalue weighted by Gasteiger charge is -2.11. The van der Waals surface area contributed by atoms with Crippen molar-refractivity contribution in [3.05, 3.63) is 35.0 Å². The Morgan fingerprint density at radius 2 is 2.25 bits per heavy atom. The van der Waals surface area contributed by atoms with Crippen molar-refractivity contribution in [1.29, 1.82) is 0 Å². The summed E-state index contributed by atoms with van der Waals surface area (Å²) in [6.07, 6.45) is 1.53. The molecule has 0 fully saturated rings. The first-order valence-electron chi connectivity index (χ1n) is 6.11. The highest BCUT2D eigenvalue weighted by Gasteiger charge is 2.14. The Morgan fingerprint density at radius 1 is 1.45 bits per heavy atom. The van der Waals surface area contributed by atoms with Crippen LogP contribution < -0.4 is 4.74 Å². The lowest BCUT2D eigenvalue weighted by atomic mass is 10.1. The van der Waals surface area contributed by atoms with Crippen molar-refractivity contribution in [1.82, 2.24) is 5.16 Å². The van der Waals surface area contributed by atoms with Crippen molar-refractivity contribution in [2.24, 2.45) is 0 Å². The van der Waals surface area contributed by atoms with Crippen molar-refractivity contribution in [2.45, 2.75) is 13.8 Å².